The second-order valence-corrected chi connectivity index (χ2v) is 7.10. The molecule has 1 fully saturated rings. The van der Waals surface area contributed by atoms with Gasteiger partial charge in [-0.05, 0) is 37.4 Å². The minimum atomic E-state index is -0.253. The molecule has 19 heavy (non-hydrogen) atoms. The number of thiophene rings is 1. The van der Waals surface area contributed by atoms with E-state index in [2.05, 4.69) is 41.6 Å². The summed E-state index contributed by atoms with van der Waals surface area (Å²) in [7, 11) is 0. The van der Waals surface area contributed by atoms with Crippen LogP contribution in [0.5, 0.6) is 0 Å². The van der Waals surface area contributed by atoms with Crippen molar-refractivity contribution in [1.29, 1.82) is 0 Å². The van der Waals surface area contributed by atoms with Gasteiger partial charge in [0, 0.05) is 29.9 Å². The Balaban J connectivity index is 1.67. The van der Waals surface area contributed by atoms with E-state index in [-0.39, 0.29) is 11.5 Å². The van der Waals surface area contributed by atoms with E-state index in [9.17, 15) is 5.11 Å². The van der Waals surface area contributed by atoms with E-state index < -0.39 is 0 Å². The third-order valence-electron chi connectivity index (χ3n) is 3.80. The van der Waals surface area contributed by atoms with E-state index in [0.717, 1.165) is 26.2 Å². The van der Waals surface area contributed by atoms with Crippen LogP contribution in [0.15, 0.2) is 17.5 Å². The van der Waals surface area contributed by atoms with Gasteiger partial charge in [0.15, 0.2) is 0 Å². The molecule has 1 saturated heterocycles. The predicted octanol–water partition coefficient (Wildman–Crippen LogP) is 2.07. The van der Waals surface area contributed by atoms with Crippen molar-refractivity contribution in [2.24, 2.45) is 0 Å². The fourth-order valence-electron chi connectivity index (χ4n) is 2.63. The molecule has 3 nitrogen and oxygen atoms in total. The monoisotopic (exact) mass is 282 g/mol. The quantitative estimate of drug-likeness (QED) is 0.804. The number of aliphatic hydroxyl groups excluding tert-OH is 1. The highest BCUT2D eigenvalue weighted by Gasteiger charge is 2.22. The Morgan fingerprint density at radius 3 is 2.79 bits per heavy atom. The summed E-state index contributed by atoms with van der Waals surface area (Å²) < 4.78 is 0. The maximum absolute atomic E-state index is 10.0. The number of nitrogens with one attached hydrogen (secondary N) is 1. The molecule has 1 aliphatic heterocycles. The van der Waals surface area contributed by atoms with Crippen molar-refractivity contribution < 1.29 is 5.11 Å². The SMILES string of the molecule is CC(C)(CNCC(O)CN1CCCC1)c1cccs1. The maximum Gasteiger partial charge on any atom is 0.0791 e. The zero-order chi connectivity index (χ0) is 13.7. The van der Waals surface area contributed by atoms with E-state index in [0.29, 0.717) is 6.54 Å². The van der Waals surface area contributed by atoms with Crippen LogP contribution in [-0.4, -0.2) is 48.8 Å². The van der Waals surface area contributed by atoms with Crippen LogP contribution in [0.25, 0.3) is 0 Å². The van der Waals surface area contributed by atoms with Gasteiger partial charge < -0.3 is 15.3 Å². The van der Waals surface area contributed by atoms with Crippen molar-refractivity contribution in [2.45, 2.75) is 38.2 Å². The van der Waals surface area contributed by atoms with Crippen LogP contribution >= 0.6 is 11.3 Å². The lowest BCUT2D eigenvalue weighted by molar-refractivity contribution is 0.122. The first-order valence-corrected chi connectivity index (χ1v) is 8.11. The van der Waals surface area contributed by atoms with E-state index in [1.165, 1.54) is 17.7 Å². The van der Waals surface area contributed by atoms with Gasteiger partial charge in [0.2, 0.25) is 0 Å². The van der Waals surface area contributed by atoms with Crippen LogP contribution in [0.1, 0.15) is 31.6 Å². The molecule has 1 atom stereocenters. The highest BCUT2D eigenvalue weighted by atomic mass is 32.1. The van der Waals surface area contributed by atoms with Gasteiger partial charge in [-0.25, -0.2) is 0 Å². The molecule has 0 radical (unpaired) electrons. The molecule has 0 spiro atoms. The first-order valence-electron chi connectivity index (χ1n) is 7.23. The molecule has 0 saturated carbocycles. The second-order valence-electron chi connectivity index (χ2n) is 6.15. The van der Waals surface area contributed by atoms with Gasteiger partial charge in [0.25, 0.3) is 0 Å². The van der Waals surface area contributed by atoms with Crippen molar-refractivity contribution >= 4 is 11.3 Å². The Morgan fingerprint density at radius 2 is 2.16 bits per heavy atom. The molecule has 2 N–H and O–H groups in total. The number of β-amino-alcohol motifs (C(OH)–C–C–N with tert-alkyl or cyclic N) is 1. The minimum Gasteiger partial charge on any atom is -0.390 e. The predicted molar refractivity (Wildman–Crippen MR) is 81.9 cm³/mol. The number of hydrogen-bond acceptors (Lipinski definition) is 4. The summed E-state index contributed by atoms with van der Waals surface area (Å²) in [5.74, 6) is 0. The van der Waals surface area contributed by atoms with Gasteiger partial charge in [-0.3, -0.25) is 0 Å². The normalized spacial score (nSPS) is 18.9. The Morgan fingerprint density at radius 1 is 1.42 bits per heavy atom. The molecule has 4 heteroatoms. The third kappa shape index (κ3) is 4.56. The van der Waals surface area contributed by atoms with Gasteiger partial charge in [0.05, 0.1) is 6.10 Å². The lowest BCUT2D eigenvalue weighted by atomic mass is 9.91. The summed E-state index contributed by atoms with van der Waals surface area (Å²) in [6.07, 6.45) is 2.31. The molecule has 1 aromatic rings. The molecule has 108 valence electrons. The lowest BCUT2D eigenvalue weighted by Crippen LogP contribution is -2.41. The number of rotatable bonds is 7. The van der Waals surface area contributed by atoms with Crippen molar-refractivity contribution in [3.8, 4) is 0 Å². The van der Waals surface area contributed by atoms with Gasteiger partial charge in [-0.1, -0.05) is 19.9 Å². The molecule has 0 bridgehead atoms. The molecular weight excluding hydrogens is 256 g/mol. The van der Waals surface area contributed by atoms with E-state index in [1.54, 1.807) is 11.3 Å². The summed E-state index contributed by atoms with van der Waals surface area (Å²) in [5.41, 5.74) is 0.140. The molecule has 0 aliphatic carbocycles. The molecular formula is C15H26N2OS. The number of nitrogens with zero attached hydrogens (tertiary/aromatic N) is 1. The third-order valence-corrected chi connectivity index (χ3v) is 5.04. The lowest BCUT2D eigenvalue weighted by Gasteiger charge is -2.25. The Kier molecular flexibility index (Phi) is 5.39. The van der Waals surface area contributed by atoms with Crippen molar-refractivity contribution in [1.82, 2.24) is 10.2 Å². The van der Waals surface area contributed by atoms with Gasteiger partial charge in [0.1, 0.15) is 0 Å². The summed E-state index contributed by atoms with van der Waals surface area (Å²) >= 11 is 1.80. The average Bonchev–Trinajstić information content (AvgIpc) is 3.00. The maximum atomic E-state index is 10.0. The largest absolute Gasteiger partial charge is 0.390 e. The van der Waals surface area contributed by atoms with Crippen molar-refractivity contribution in [3.05, 3.63) is 22.4 Å². The van der Waals surface area contributed by atoms with Crippen LogP contribution in [0.2, 0.25) is 0 Å². The Hall–Kier alpha value is -0.420. The summed E-state index contributed by atoms with van der Waals surface area (Å²) in [5, 5.41) is 15.6. The van der Waals surface area contributed by atoms with Crippen LogP contribution in [0, 0.1) is 0 Å². The topological polar surface area (TPSA) is 35.5 Å². The van der Waals surface area contributed by atoms with Crippen LogP contribution < -0.4 is 5.32 Å². The zero-order valence-corrected chi connectivity index (χ0v) is 12.9. The number of hydrogen-bond donors (Lipinski definition) is 2. The van der Waals surface area contributed by atoms with Crippen molar-refractivity contribution in [2.75, 3.05) is 32.7 Å². The molecule has 0 aromatic carbocycles. The molecule has 2 rings (SSSR count). The van der Waals surface area contributed by atoms with Gasteiger partial charge in [-0.2, -0.15) is 0 Å². The Bertz CT molecular complexity index is 358. The molecule has 0 amide bonds. The van der Waals surface area contributed by atoms with Crippen LogP contribution in [-0.2, 0) is 5.41 Å². The first-order chi connectivity index (χ1) is 9.08. The van der Waals surface area contributed by atoms with E-state index >= 15 is 0 Å². The second kappa shape index (κ2) is 6.84. The van der Waals surface area contributed by atoms with Gasteiger partial charge in [-0.15, -0.1) is 11.3 Å². The van der Waals surface area contributed by atoms with E-state index in [4.69, 9.17) is 0 Å². The fraction of sp³-hybridized carbons (Fsp3) is 0.733. The minimum absolute atomic E-state index is 0.140. The number of likely N-dealkylation sites (tertiary alicyclic amines) is 1. The molecule has 2 heterocycles. The summed E-state index contributed by atoms with van der Waals surface area (Å²) in [6, 6.07) is 4.29. The fourth-order valence-corrected chi connectivity index (χ4v) is 3.48. The molecule has 1 aliphatic rings. The highest BCUT2D eigenvalue weighted by molar-refractivity contribution is 7.10. The molecule has 1 unspecified atom stereocenters. The average molecular weight is 282 g/mol. The van der Waals surface area contributed by atoms with Gasteiger partial charge >= 0.3 is 0 Å². The highest BCUT2D eigenvalue weighted by Crippen LogP contribution is 2.26. The van der Waals surface area contributed by atoms with Crippen LogP contribution in [0.3, 0.4) is 0 Å². The first kappa shape index (κ1) is 15.0. The van der Waals surface area contributed by atoms with Crippen molar-refractivity contribution in [3.63, 3.8) is 0 Å². The Labute approximate surface area is 120 Å². The van der Waals surface area contributed by atoms with Crippen LogP contribution in [0.4, 0.5) is 0 Å². The number of aliphatic hydroxyl groups is 1. The smallest absolute Gasteiger partial charge is 0.0791 e. The molecule has 1 aromatic heterocycles. The zero-order valence-electron chi connectivity index (χ0n) is 12.1. The summed E-state index contributed by atoms with van der Waals surface area (Å²) in [4.78, 5) is 3.76. The van der Waals surface area contributed by atoms with E-state index in [1.807, 2.05) is 0 Å². The summed E-state index contributed by atoms with van der Waals surface area (Å²) in [6.45, 7) is 9.20. The standard InChI is InChI=1S/C15H26N2OS/c1-15(2,14-6-5-9-19-14)12-16-10-13(18)11-17-7-3-4-8-17/h5-6,9,13,16,18H,3-4,7-8,10-12H2,1-2H3.